The SMILES string of the molecule is O=C(Cc1ccn[nH]1)N[C@H]1CC(=O)N(c2c(F)cccc2F)C1. The zero-order valence-electron chi connectivity index (χ0n) is 12.1. The van der Waals surface area contributed by atoms with Crippen molar-refractivity contribution < 1.29 is 18.4 Å². The van der Waals surface area contributed by atoms with Crippen molar-refractivity contribution in [3.05, 3.63) is 47.8 Å². The highest BCUT2D eigenvalue weighted by Crippen LogP contribution is 2.27. The number of H-pyrrole nitrogens is 1. The Bertz CT molecular complexity index is 713. The standard InChI is InChI=1S/C15H14F2N4O2/c16-11-2-1-3-12(17)15(11)21-8-10(7-14(21)23)19-13(22)6-9-4-5-18-20-9/h1-5,10H,6-8H2,(H,18,20)(H,19,22)/t10-/m0/s1. The molecule has 1 atom stereocenters. The summed E-state index contributed by atoms with van der Waals surface area (Å²) in [5.74, 6) is -2.32. The maximum atomic E-state index is 13.8. The topological polar surface area (TPSA) is 78.1 Å². The van der Waals surface area contributed by atoms with Crippen LogP contribution in [0.1, 0.15) is 12.1 Å². The molecular weight excluding hydrogens is 306 g/mol. The van der Waals surface area contributed by atoms with Gasteiger partial charge in [0.15, 0.2) is 0 Å². The van der Waals surface area contributed by atoms with Crippen LogP contribution in [-0.2, 0) is 16.0 Å². The molecule has 8 heteroatoms. The van der Waals surface area contributed by atoms with Crippen LogP contribution in [0.5, 0.6) is 0 Å². The summed E-state index contributed by atoms with van der Waals surface area (Å²) in [7, 11) is 0. The first-order valence-corrected chi connectivity index (χ1v) is 7.06. The van der Waals surface area contributed by atoms with Crippen LogP contribution in [0.3, 0.4) is 0 Å². The molecule has 2 N–H and O–H groups in total. The van der Waals surface area contributed by atoms with Crippen LogP contribution in [0.15, 0.2) is 30.5 Å². The van der Waals surface area contributed by atoms with Gasteiger partial charge in [-0.2, -0.15) is 5.10 Å². The van der Waals surface area contributed by atoms with Gasteiger partial charge < -0.3 is 10.2 Å². The Labute approximate surface area is 130 Å². The zero-order valence-corrected chi connectivity index (χ0v) is 12.1. The molecule has 0 bridgehead atoms. The van der Waals surface area contributed by atoms with Crippen LogP contribution in [0.25, 0.3) is 0 Å². The fourth-order valence-electron chi connectivity index (χ4n) is 2.60. The molecule has 2 aromatic rings. The third-order valence-electron chi connectivity index (χ3n) is 3.61. The van der Waals surface area contributed by atoms with Crippen molar-refractivity contribution in [3.63, 3.8) is 0 Å². The normalized spacial score (nSPS) is 17.6. The van der Waals surface area contributed by atoms with Gasteiger partial charge in [0.05, 0.1) is 12.5 Å². The van der Waals surface area contributed by atoms with E-state index in [0.717, 1.165) is 17.0 Å². The van der Waals surface area contributed by atoms with E-state index in [-0.39, 0.29) is 31.0 Å². The molecule has 1 aliphatic heterocycles. The van der Waals surface area contributed by atoms with Crippen molar-refractivity contribution >= 4 is 17.5 Å². The van der Waals surface area contributed by atoms with Gasteiger partial charge in [-0.3, -0.25) is 14.7 Å². The van der Waals surface area contributed by atoms with Crippen molar-refractivity contribution in [3.8, 4) is 0 Å². The molecule has 2 amide bonds. The molecular formula is C15H14F2N4O2. The summed E-state index contributed by atoms with van der Waals surface area (Å²) in [5, 5.41) is 9.10. The second-order valence-corrected chi connectivity index (χ2v) is 5.30. The molecule has 120 valence electrons. The number of anilines is 1. The molecule has 6 nitrogen and oxygen atoms in total. The third-order valence-corrected chi connectivity index (χ3v) is 3.61. The van der Waals surface area contributed by atoms with Crippen molar-refractivity contribution in [2.45, 2.75) is 18.9 Å². The molecule has 2 heterocycles. The minimum atomic E-state index is -0.803. The van der Waals surface area contributed by atoms with Crippen LogP contribution in [0.4, 0.5) is 14.5 Å². The minimum absolute atomic E-state index is 0.00247. The number of benzene rings is 1. The molecule has 0 aliphatic carbocycles. The number of nitrogens with one attached hydrogen (secondary N) is 2. The van der Waals surface area contributed by atoms with Crippen LogP contribution < -0.4 is 10.2 Å². The predicted octanol–water partition coefficient (Wildman–Crippen LogP) is 1.15. The Morgan fingerprint density at radius 2 is 2.09 bits per heavy atom. The number of carbonyl (C=O) groups excluding carboxylic acids is 2. The number of aromatic amines is 1. The van der Waals surface area contributed by atoms with Gasteiger partial charge in [-0.25, -0.2) is 8.78 Å². The number of para-hydroxylation sites is 1. The lowest BCUT2D eigenvalue weighted by atomic mass is 10.2. The van der Waals surface area contributed by atoms with E-state index < -0.39 is 23.6 Å². The minimum Gasteiger partial charge on any atom is -0.351 e. The summed E-state index contributed by atoms with van der Waals surface area (Å²) in [6.45, 7) is 0.0331. The highest BCUT2D eigenvalue weighted by Gasteiger charge is 2.34. The first kappa shape index (κ1) is 15.1. The van der Waals surface area contributed by atoms with Gasteiger partial charge in [0.25, 0.3) is 0 Å². The first-order valence-electron chi connectivity index (χ1n) is 7.06. The summed E-state index contributed by atoms with van der Waals surface area (Å²) >= 11 is 0. The van der Waals surface area contributed by atoms with E-state index >= 15 is 0 Å². The van der Waals surface area contributed by atoms with Gasteiger partial charge in [0.2, 0.25) is 11.8 Å². The fourth-order valence-corrected chi connectivity index (χ4v) is 2.60. The highest BCUT2D eigenvalue weighted by atomic mass is 19.1. The van der Waals surface area contributed by atoms with Gasteiger partial charge in [0, 0.05) is 24.9 Å². The largest absolute Gasteiger partial charge is 0.351 e. The van der Waals surface area contributed by atoms with Crippen molar-refractivity contribution in [1.82, 2.24) is 15.5 Å². The summed E-state index contributed by atoms with van der Waals surface area (Å²) in [5.41, 5.74) is 0.270. The van der Waals surface area contributed by atoms with E-state index in [9.17, 15) is 18.4 Å². The number of carbonyl (C=O) groups is 2. The monoisotopic (exact) mass is 320 g/mol. The van der Waals surface area contributed by atoms with Gasteiger partial charge in [-0.15, -0.1) is 0 Å². The second kappa shape index (κ2) is 6.15. The van der Waals surface area contributed by atoms with E-state index in [1.165, 1.54) is 12.3 Å². The first-order chi connectivity index (χ1) is 11.0. The summed E-state index contributed by atoms with van der Waals surface area (Å²) in [6.07, 6.45) is 1.63. The molecule has 1 fully saturated rings. The van der Waals surface area contributed by atoms with E-state index in [1.54, 1.807) is 6.07 Å². The average Bonchev–Trinajstić information content (AvgIpc) is 3.09. The second-order valence-electron chi connectivity index (χ2n) is 5.30. The number of aromatic nitrogens is 2. The van der Waals surface area contributed by atoms with E-state index in [4.69, 9.17) is 0 Å². The van der Waals surface area contributed by atoms with Gasteiger partial charge >= 0.3 is 0 Å². The Hall–Kier alpha value is -2.77. The van der Waals surface area contributed by atoms with Crippen molar-refractivity contribution in [2.75, 3.05) is 11.4 Å². The quantitative estimate of drug-likeness (QED) is 0.887. The maximum Gasteiger partial charge on any atom is 0.229 e. The Morgan fingerprint density at radius 3 is 2.74 bits per heavy atom. The average molecular weight is 320 g/mol. The lowest BCUT2D eigenvalue weighted by Gasteiger charge is -2.18. The van der Waals surface area contributed by atoms with E-state index in [2.05, 4.69) is 15.5 Å². The number of amides is 2. The Balaban J connectivity index is 1.67. The lowest BCUT2D eigenvalue weighted by Crippen LogP contribution is -2.38. The Morgan fingerprint density at radius 1 is 1.35 bits per heavy atom. The molecule has 1 aromatic carbocycles. The molecule has 0 unspecified atom stereocenters. The maximum absolute atomic E-state index is 13.8. The van der Waals surface area contributed by atoms with E-state index in [0.29, 0.717) is 5.69 Å². The smallest absolute Gasteiger partial charge is 0.229 e. The van der Waals surface area contributed by atoms with Crippen molar-refractivity contribution in [1.29, 1.82) is 0 Å². The zero-order chi connectivity index (χ0) is 16.4. The number of nitrogens with zero attached hydrogens (tertiary/aromatic N) is 2. The molecule has 3 rings (SSSR count). The van der Waals surface area contributed by atoms with Gasteiger partial charge in [-0.1, -0.05) is 6.07 Å². The predicted molar refractivity (Wildman–Crippen MR) is 77.6 cm³/mol. The molecule has 23 heavy (non-hydrogen) atoms. The molecule has 1 aliphatic rings. The molecule has 1 aromatic heterocycles. The molecule has 0 spiro atoms. The number of hydrogen-bond donors (Lipinski definition) is 2. The molecule has 1 saturated heterocycles. The summed E-state index contributed by atoms with van der Waals surface area (Å²) in [4.78, 5) is 25.0. The van der Waals surface area contributed by atoms with Crippen LogP contribution in [0.2, 0.25) is 0 Å². The van der Waals surface area contributed by atoms with Crippen LogP contribution >= 0.6 is 0 Å². The van der Waals surface area contributed by atoms with Gasteiger partial charge in [-0.05, 0) is 18.2 Å². The molecule has 0 saturated carbocycles. The number of rotatable bonds is 4. The van der Waals surface area contributed by atoms with Crippen LogP contribution in [-0.4, -0.2) is 34.6 Å². The highest BCUT2D eigenvalue weighted by molar-refractivity contribution is 5.97. The lowest BCUT2D eigenvalue weighted by molar-refractivity contribution is -0.121. The summed E-state index contributed by atoms with van der Waals surface area (Å²) < 4.78 is 27.6. The Kier molecular flexibility index (Phi) is 4.05. The van der Waals surface area contributed by atoms with E-state index in [1.807, 2.05) is 0 Å². The molecule has 0 radical (unpaired) electrons. The number of hydrogen-bond acceptors (Lipinski definition) is 3. The third kappa shape index (κ3) is 3.20. The van der Waals surface area contributed by atoms with Crippen molar-refractivity contribution in [2.24, 2.45) is 0 Å². The van der Waals surface area contributed by atoms with Crippen LogP contribution in [0, 0.1) is 11.6 Å². The summed E-state index contributed by atoms with van der Waals surface area (Å²) in [6, 6.07) is 4.60. The number of halogens is 2. The fraction of sp³-hybridized carbons (Fsp3) is 0.267. The van der Waals surface area contributed by atoms with Gasteiger partial charge in [0.1, 0.15) is 17.3 Å².